The molecule has 0 aliphatic heterocycles. The Balaban J connectivity index is 1.61. The number of aromatic hydroxyl groups is 2. The summed E-state index contributed by atoms with van der Waals surface area (Å²) in [4.78, 5) is 73.4. The van der Waals surface area contributed by atoms with E-state index in [4.69, 9.17) is 17.2 Å². The van der Waals surface area contributed by atoms with E-state index < -0.39 is 53.7 Å². The zero-order valence-corrected chi connectivity index (χ0v) is 29.2. The highest BCUT2D eigenvalue weighted by molar-refractivity contribution is 5.96. The van der Waals surface area contributed by atoms with Gasteiger partial charge < -0.3 is 53.7 Å². The molecule has 4 rings (SSSR count). The van der Waals surface area contributed by atoms with Gasteiger partial charge in [-0.3, -0.25) is 29.0 Å². The number of guanidine groups is 1. The molecule has 3 aromatic carbocycles. The van der Waals surface area contributed by atoms with Gasteiger partial charge in [0.1, 0.15) is 35.7 Å². The highest BCUT2D eigenvalue weighted by Crippen LogP contribution is 2.20. The fourth-order valence-corrected chi connectivity index (χ4v) is 5.73. The summed E-state index contributed by atoms with van der Waals surface area (Å²) in [6.45, 7) is 1.40. The Labute approximate surface area is 305 Å². The number of nitrogens with two attached hydrogens (primary N) is 3. The molecule has 4 atom stereocenters. The average Bonchev–Trinajstić information content (AvgIpc) is 3.52. The summed E-state index contributed by atoms with van der Waals surface area (Å²) in [5.74, 6) is -3.49. The fourth-order valence-electron chi connectivity index (χ4n) is 5.73. The molecular formula is C37H45N9O7. The molecule has 16 heteroatoms. The average molecular weight is 728 g/mol. The minimum atomic E-state index is -1.24. The Morgan fingerprint density at radius 1 is 0.679 bits per heavy atom. The molecular weight excluding hydrogens is 682 g/mol. The maximum Gasteiger partial charge on any atom is 0.243 e. The third kappa shape index (κ3) is 12.0. The van der Waals surface area contributed by atoms with Crippen molar-refractivity contribution in [2.45, 2.75) is 63.2 Å². The smallest absolute Gasteiger partial charge is 0.243 e. The molecule has 0 unspecified atom stereocenters. The normalized spacial score (nSPS) is 13.2. The molecule has 0 radical (unpaired) electrons. The summed E-state index contributed by atoms with van der Waals surface area (Å²) in [6.07, 6.45) is 2.09. The van der Waals surface area contributed by atoms with Crippen molar-refractivity contribution in [1.29, 1.82) is 0 Å². The molecule has 1 aromatic heterocycles. The minimum absolute atomic E-state index is 0.000685. The lowest BCUT2D eigenvalue weighted by molar-refractivity contribution is -0.134. The second-order valence-electron chi connectivity index (χ2n) is 12.6. The number of carbonyl (C=O) groups excluding carboxylic acids is 5. The van der Waals surface area contributed by atoms with Crippen molar-refractivity contribution < 1.29 is 34.2 Å². The number of nitrogens with zero attached hydrogens (tertiary/aromatic N) is 1. The Kier molecular flexibility index (Phi) is 13.8. The predicted octanol–water partition coefficient (Wildman–Crippen LogP) is 0.105. The van der Waals surface area contributed by atoms with E-state index in [1.54, 1.807) is 30.5 Å². The second-order valence-corrected chi connectivity index (χ2v) is 12.6. The molecule has 13 N–H and O–H groups in total. The lowest BCUT2D eigenvalue weighted by Crippen LogP contribution is -2.59. The Morgan fingerprint density at radius 3 is 1.75 bits per heavy atom. The largest absolute Gasteiger partial charge is 0.508 e. The van der Waals surface area contributed by atoms with Gasteiger partial charge in [-0.25, -0.2) is 0 Å². The van der Waals surface area contributed by atoms with E-state index >= 15 is 0 Å². The quantitative estimate of drug-likeness (QED) is 0.0378. The van der Waals surface area contributed by atoms with Crippen LogP contribution in [0.1, 0.15) is 36.5 Å². The topological polar surface area (TPSA) is 280 Å². The zero-order chi connectivity index (χ0) is 38.5. The third-order valence-electron chi connectivity index (χ3n) is 8.42. The molecule has 1 heterocycles. The zero-order valence-electron chi connectivity index (χ0n) is 29.2. The summed E-state index contributed by atoms with van der Waals surface area (Å²) in [6, 6.07) is 14.9. The number of hydrogen-bond acceptors (Lipinski definition) is 8. The first-order chi connectivity index (χ1) is 25.3. The molecule has 53 heavy (non-hydrogen) atoms. The first-order valence-corrected chi connectivity index (χ1v) is 16.9. The Bertz CT molecular complexity index is 1920. The number of amides is 5. The van der Waals surface area contributed by atoms with Crippen LogP contribution in [0, 0.1) is 0 Å². The van der Waals surface area contributed by atoms with Crippen molar-refractivity contribution in [3.63, 3.8) is 0 Å². The molecule has 5 amide bonds. The monoisotopic (exact) mass is 727 g/mol. The molecule has 0 aliphatic rings. The van der Waals surface area contributed by atoms with E-state index in [1.807, 2.05) is 24.3 Å². The van der Waals surface area contributed by atoms with Crippen molar-refractivity contribution in [2.24, 2.45) is 22.2 Å². The number of benzene rings is 3. The molecule has 0 saturated heterocycles. The molecule has 0 bridgehead atoms. The van der Waals surface area contributed by atoms with E-state index in [1.165, 1.54) is 31.2 Å². The van der Waals surface area contributed by atoms with Gasteiger partial charge in [0.15, 0.2) is 5.96 Å². The number of phenols is 2. The number of hydrogen-bond donors (Lipinski definition) is 10. The Hall–Kier alpha value is -6.58. The van der Waals surface area contributed by atoms with Gasteiger partial charge in [0, 0.05) is 49.8 Å². The van der Waals surface area contributed by atoms with Crippen LogP contribution in [-0.4, -0.2) is 81.4 Å². The molecule has 0 fully saturated rings. The number of aromatic amines is 1. The van der Waals surface area contributed by atoms with Crippen LogP contribution in [-0.2, 0) is 43.2 Å². The van der Waals surface area contributed by atoms with Crippen molar-refractivity contribution >= 4 is 46.4 Å². The fraction of sp³-hybridized carbons (Fsp3) is 0.297. The molecule has 4 aromatic rings. The van der Waals surface area contributed by atoms with Crippen molar-refractivity contribution in [2.75, 3.05) is 6.54 Å². The number of fused-ring (bicyclic) bond motifs is 1. The SMILES string of the molecule is CC(=O)N[C@@H](Cc1ccc(O)cc1)C(=O)N[C@@H](Cc1c[nH]c2ccccc12)C(=O)N[C@@H](CCCN=C(N)N)C(=O)N[C@@H](Cc1ccc(O)cc1)C(N)=O. The first-order valence-electron chi connectivity index (χ1n) is 16.9. The van der Waals surface area contributed by atoms with Gasteiger partial charge in [0.05, 0.1) is 0 Å². The van der Waals surface area contributed by atoms with Gasteiger partial charge in [0.2, 0.25) is 29.5 Å². The number of H-pyrrole nitrogens is 1. The number of phenolic OH excluding ortho intramolecular Hbond substituents is 2. The van der Waals surface area contributed by atoms with Crippen LogP contribution >= 0.6 is 0 Å². The van der Waals surface area contributed by atoms with E-state index in [2.05, 4.69) is 31.2 Å². The van der Waals surface area contributed by atoms with Gasteiger partial charge in [0.25, 0.3) is 0 Å². The van der Waals surface area contributed by atoms with Gasteiger partial charge in [-0.05, 0) is 59.9 Å². The maximum atomic E-state index is 14.2. The molecule has 280 valence electrons. The summed E-state index contributed by atoms with van der Waals surface area (Å²) in [5.41, 5.74) is 19.3. The summed E-state index contributed by atoms with van der Waals surface area (Å²) >= 11 is 0. The molecule has 0 aliphatic carbocycles. The Morgan fingerprint density at radius 2 is 1.19 bits per heavy atom. The van der Waals surface area contributed by atoms with Gasteiger partial charge in [-0.2, -0.15) is 0 Å². The van der Waals surface area contributed by atoms with Gasteiger partial charge in [-0.1, -0.05) is 42.5 Å². The number of rotatable bonds is 18. The number of primary amides is 1. The second kappa shape index (κ2) is 18.6. The number of carbonyl (C=O) groups is 5. The maximum absolute atomic E-state index is 14.2. The van der Waals surface area contributed by atoms with Crippen molar-refractivity contribution in [1.82, 2.24) is 26.3 Å². The van der Waals surface area contributed by atoms with E-state index in [9.17, 15) is 34.2 Å². The van der Waals surface area contributed by atoms with Crippen LogP contribution in [0.25, 0.3) is 10.9 Å². The summed E-state index contributed by atoms with van der Waals surface area (Å²) in [5, 5.41) is 30.9. The number of nitrogens with one attached hydrogen (secondary N) is 5. The van der Waals surface area contributed by atoms with E-state index in [0.717, 1.165) is 10.9 Å². The minimum Gasteiger partial charge on any atom is -0.508 e. The van der Waals surface area contributed by atoms with Crippen LogP contribution in [0.5, 0.6) is 11.5 Å². The van der Waals surface area contributed by atoms with Crippen LogP contribution < -0.4 is 38.5 Å². The highest BCUT2D eigenvalue weighted by Gasteiger charge is 2.31. The summed E-state index contributed by atoms with van der Waals surface area (Å²) in [7, 11) is 0. The van der Waals surface area contributed by atoms with Crippen LogP contribution in [0.3, 0.4) is 0 Å². The lowest BCUT2D eigenvalue weighted by atomic mass is 10.0. The first kappa shape index (κ1) is 39.2. The number of aliphatic imine (C=N–C) groups is 1. The molecule has 0 saturated carbocycles. The molecule has 0 spiro atoms. The van der Waals surface area contributed by atoms with Crippen molar-refractivity contribution in [3.8, 4) is 11.5 Å². The molecule has 16 nitrogen and oxygen atoms in total. The number of para-hydroxylation sites is 1. The van der Waals surface area contributed by atoms with E-state index in [-0.39, 0.29) is 56.1 Å². The predicted molar refractivity (Wildman–Crippen MR) is 198 cm³/mol. The van der Waals surface area contributed by atoms with Crippen LogP contribution in [0.2, 0.25) is 0 Å². The van der Waals surface area contributed by atoms with Gasteiger partial charge in [-0.15, -0.1) is 0 Å². The van der Waals surface area contributed by atoms with Crippen LogP contribution in [0.4, 0.5) is 0 Å². The van der Waals surface area contributed by atoms with E-state index in [0.29, 0.717) is 16.7 Å². The van der Waals surface area contributed by atoms with Gasteiger partial charge >= 0.3 is 0 Å². The lowest BCUT2D eigenvalue weighted by Gasteiger charge is -2.26. The standard InChI is InChI=1S/C37H45N9O7/c1-21(47)43-31(18-23-10-14-26(49)15-11-23)35(52)46-32(19-24-20-42-28-6-3-2-5-27(24)28)36(53)44-29(7-4-16-41-37(39)40)34(51)45-30(33(38)50)17-22-8-12-25(48)13-9-22/h2-3,5-6,8-15,20,29-32,42,48-49H,4,7,16-19H2,1H3,(H2,38,50)(H,43,47)(H,44,53)(H,45,51)(H,46,52)(H4,39,40,41)/t29-,30-,31-,32-/m0/s1. The summed E-state index contributed by atoms with van der Waals surface area (Å²) < 4.78 is 0. The van der Waals surface area contributed by atoms with Crippen molar-refractivity contribution in [3.05, 3.63) is 95.7 Å². The highest BCUT2D eigenvalue weighted by atomic mass is 16.3. The van der Waals surface area contributed by atoms with Crippen LogP contribution in [0.15, 0.2) is 84.0 Å². The number of aromatic nitrogens is 1. The third-order valence-corrected chi connectivity index (χ3v) is 8.42.